The molecule has 1 aromatic carbocycles. The van der Waals surface area contributed by atoms with Gasteiger partial charge in [0.15, 0.2) is 0 Å². The highest BCUT2D eigenvalue weighted by molar-refractivity contribution is 8.01. The van der Waals surface area contributed by atoms with E-state index in [1.165, 1.54) is 0 Å². The van der Waals surface area contributed by atoms with E-state index in [1.807, 2.05) is 6.92 Å². The van der Waals surface area contributed by atoms with Crippen molar-refractivity contribution in [2.24, 2.45) is 0 Å². The Kier molecular flexibility index (Phi) is 5.57. The molecule has 0 spiro atoms. The average Bonchev–Trinajstić information content (AvgIpc) is 2.44. The maximum atomic E-state index is 12.1. The van der Waals surface area contributed by atoms with Gasteiger partial charge in [0.05, 0.1) is 16.0 Å². The molecule has 6 heteroatoms. The van der Waals surface area contributed by atoms with Crippen molar-refractivity contribution in [1.82, 2.24) is 0 Å². The van der Waals surface area contributed by atoms with Crippen LogP contribution in [0.15, 0.2) is 18.2 Å². The zero-order valence-electron chi connectivity index (χ0n) is 11.4. The number of nitrogens with one attached hydrogen (secondary N) is 1. The third-order valence-corrected chi connectivity index (χ3v) is 5.02. The standard InChI is InChI=1S/C14H19ClN2O2S/c1-9(20-11-4-6-19-7-5-11)14(18)17-10-2-3-12(15)13(16)8-10/h2-3,8-9,11H,4-7,16H2,1H3,(H,17,18). The van der Waals surface area contributed by atoms with E-state index in [1.54, 1.807) is 30.0 Å². The first-order valence-electron chi connectivity index (χ1n) is 6.65. The number of nitrogens with two attached hydrogens (primary N) is 1. The molecule has 1 amide bonds. The number of thioether (sulfide) groups is 1. The van der Waals surface area contributed by atoms with Crippen LogP contribution in [0, 0.1) is 0 Å². The van der Waals surface area contributed by atoms with Crippen LogP contribution >= 0.6 is 23.4 Å². The summed E-state index contributed by atoms with van der Waals surface area (Å²) in [5, 5.41) is 3.76. The van der Waals surface area contributed by atoms with E-state index in [0.717, 1.165) is 26.1 Å². The number of halogens is 1. The molecule has 1 atom stereocenters. The van der Waals surface area contributed by atoms with Crippen LogP contribution in [0.4, 0.5) is 11.4 Å². The minimum atomic E-state index is -0.102. The van der Waals surface area contributed by atoms with E-state index in [2.05, 4.69) is 5.32 Å². The summed E-state index contributed by atoms with van der Waals surface area (Å²) in [5.41, 5.74) is 6.86. The SMILES string of the molecule is CC(SC1CCOCC1)C(=O)Nc1ccc(Cl)c(N)c1. The predicted octanol–water partition coefficient (Wildman–Crippen LogP) is 3.16. The Bertz CT molecular complexity index is 478. The predicted molar refractivity (Wildman–Crippen MR) is 85.4 cm³/mol. The van der Waals surface area contributed by atoms with Crippen LogP contribution < -0.4 is 11.1 Å². The Labute approximate surface area is 128 Å². The van der Waals surface area contributed by atoms with E-state index in [-0.39, 0.29) is 11.2 Å². The smallest absolute Gasteiger partial charge is 0.237 e. The summed E-state index contributed by atoms with van der Waals surface area (Å²) < 4.78 is 5.32. The molecule has 1 unspecified atom stereocenters. The van der Waals surface area contributed by atoms with Crippen LogP contribution in [-0.4, -0.2) is 29.6 Å². The number of rotatable bonds is 4. The second-order valence-corrected chi connectivity index (χ2v) is 6.87. The van der Waals surface area contributed by atoms with Gasteiger partial charge in [-0.1, -0.05) is 11.6 Å². The zero-order valence-corrected chi connectivity index (χ0v) is 13.0. The number of amides is 1. The Hall–Kier alpha value is -0.910. The van der Waals surface area contributed by atoms with Crippen molar-refractivity contribution in [2.75, 3.05) is 24.3 Å². The maximum Gasteiger partial charge on any atom is 0.237 e. The molecule has 1 aromatic rings. The first-order valence-corrected chi connectivity index (χ1v) is 7.97. The number of nitrogen functional groups attached to an aromatic ring is 1. The molecule has 1 fully saturated rings. The van der Waals surface area contributed by atoms with Crippen molar-refractivity contribution >= 4 is 40.6 Å². The fourth-order valence-corrected chi connectivity index (χ4v) is 3.37. The summed E-state index contributed by atoms with van der Waals surface area (Å²) in [6.45, 7) is 3.51. The Morgan fingerprint density at radius 1 is 1.50 bits per heavy atom. The second-order valence-electron chi connectivity index (χ2n) is 4.82. The average molecular weight is 315 g/mol. The molecule has 1 saturated heterocycles. The van der Waals surface area contributed by atoms with Crippen LogP contribution in [0.2, 0.25) is 5.02 Å². The lowest BCUT2D eigenvalue weighted by molar-refractivity contribution is -0.115. The first kappa shape index (κ1) is 15.5. The molecule has 20 heavy (non-hydrogen) atoms. The van der Waals surface area contributed by atoms with Gasteiger partial charge < -0.3 is 15.8 Å². The maximum absolute atomic E-state index is 12.1. The molecule has 1 aliphatic heterocycles. The van der Waals surface area contributed by atoms with E-state index in [9.17, 15) is 4.79 Å². The van der Waals surface area contributed by atoms with Crippen molar-refractivity contribution in [3.05, 3.63) is 23.2 Å². The first-order chi connectivity index (χ1) is 9.56. The van der Waals surface area contributed by atoms with Crippen LogP contribution in [0.25, 0.3) is 0 Å². The van der Waals surface area contributed by atoms with Crippen molar-refractivity contribution in [1.29, 1.82) is 0 Å². The van der Waals surface area contributed by atoms with Crippen molar-refractivity contribution < 1.29 is 9.53 Å². The number of carbonyl (C=O) groups excluding carboxylic acids is 1. The lowest BCUT2D eigenvalue weighted by Gasteiger charge is -2.24. The summed E-state index contributed by atoms with van der Waals surface area (Å²) in [4.78, 5) is 12.1. The lowest BCUT2D eigenvalue weighted by atomic mass is 10.2. The van der Waals surface area contributed by atoms with E-state index in [0.29, 0.717) is 21.6 Å². The molecule has 3 N–H and O–H groups in total. The quantitative estimate of drug-likeness (QED) is 0.838. The molecular formula is C14H19ClN2O2S. The summed E-state index contributed by atoms with van der Waals surface area (Å²) in [7, 11) is 0. The van der Waals surface area contributed by atoms with Crippen LogP contribution in [-0.2, 0) is 9.53 Å². The molecule has 0 saturated carbocycles. The zero-order chi connectivity index (χ0) is 14.5. The fourth-order valence-electron chi connectivity index (χ4n) is 2.03. The van der Waals surface area contributed by atoms with Gasteiger partial charge in [0.2, 0.25) is 5.91 Å². The normalized spacial score (nSPS) is 17.7. The van der Waals surface area contributed by atoms with Gasteiger partial charge in [-0.05, 0) is 38.0 Å². The van der Waals surface area contributed by atoms with Gasteiger partial charge in [-0.25, -0.2) is 0 Å². The van der Waals surface area contributed by atoms with Crippen LogP contribution in [0.3, 0.4) is 0 Å². The van der Waals surface area contributed by atoms with Crippen molar-refractivity contribution in [2.45, 2.75) is 30.3 Å². The number of anilines is 2. The lowest BCUT2D eigenvalue weighted by Crippen LogP contribution is -2.27. The third kappa shape index (κ3) is 4.30. The molecule has 2 rings (SSSR count). The Balaban J connectivity index is 1.88. The molecule has 0 radical (unpaired) electrons. The van der Waals surface area contributed by atoms with Gasteiger partial charge in [-0.15, -0.1) is 11.8 Å². The number of carbonyl (C=O) groups is 1. The molecule has 0 aliphatic carbocycles. The number of benzene rings is 1. The van der Waals surface area contributed by atoms with Gasteiger partial charge in [-0.2, -0.15) is 0 Å². The van der Waals surface area contributed by atoms with Gasteiger partial charge in [0.25, 0.3) is 0 Å². The topological polar surface area (TPSA) is 64.3 Å². The van der Waals surface area contributed by atoms with E-state index < -0.39 is 0 Å². The van der Waals surface area contributed by atoms with Crippen molar-refractivity contribution in [3.63, 3.8) is 0 Å². The van der Waals surface area contributed by atoms with Gasteiger partial charge in [0.1, 0.15) is 0 Å². The highest BCUT2D eigenvalue weighted by atomic mass is 35.5. The second kappa shape index (κ2) is 7.20. The number of hydrogen-bond donors (Lipinski definition) is 2. The molecular weight excluding hydrogens is 296 g/mol. The number of ether oxygens (including phenoxy) is 1. The van der Waals surface area contributed by atoms with Gasteiger partial charge in [0, 0.05) is 24.2 Å². The van der Waals surface area contributed by atoms with Crippen LogP contribution in [0.5, 0.6) is 0 Å². The van der Waals surface area contributed by atoms with Gasteiger partial charge in [-0.3, -0.25) is 4.79 Å². The summed E-state index contributed by atoms with van der Waals surface area (Å²) >= 11 is 7.56. The monoisotopic (exact) mass is 314 g/mol. The minimum absolute atomic E-state index is 0.0109. The summed E-state index contributed by atoms with van der Waals surface area (Å²) in [6, 6.07) is 5.11. The summed E-state index contributed by atoms with van der Waals surface area (Å²) in [5.74, 6) is -0.0109. The minimum Gasteiger partial charge on any atom is -0.397 e. The molecule has 4 nitrogen and oxygen atoms in total. The molecule has 1 aliphatic rings. The fraction of sp³-hybridized carbons (Fsp3) is 0.500. The Morgan fingerprint density at radius 3 is 2.85 bits per heavy atom. The van der Waals surface area contributed by atoms with E-state index in [4.69, 9.17) is 22.1 Å². The molecule has 0 aromatic heterocycles. The third-order valence-electron chi connectivity index (χ3n) is 3.20. The highest BCUT2D eigenvalue weighted by Crippen LogP contribution is 2.27. The molecule has 110 valence electrons. The molecule has 0 bridgehead atoms. The van der Waals surface area contributed by atoms with Crippen LogP contribution in [0.1, 0.15) is 19.8 Å². The van der Waals surface area contributed by atoms with Gasteiger partial charge >= 0.3 is 0 Å². The molecule has 1 heterocycles. The number of hydrogen-bond acceptors (Lipinski definition) is 4. The highest BCUT2D eigenvalue weighted by Gasteiger charge is 2.21. The van der Waals surface area contributed by atoms with E-state index >= 15 is 0 Å². The summed E-state index contributed by atoms with van der Waals surface area (Å²) in [6.07, 6.45) is 2.02. The van der Waals surface area contributed by atoms with Crippen molar-refractivity contribution in [3.8, 4) is 0 Å². The Morgan fingerprint density at radius 2 is 2.20 bits per heavy atom. The largest absolute Gasteiger partial charge is 0.397 e.